The van der Waals surface area contributed by atoms with Gasteiger partial charge in [0.15, 0.2) is 5.12 Å². The fraction of sp³-hybridized carbons (Fsp3) is 0.462. The SMILES string of the molecule is COc1cc(N)ccc1C(O)C(O)CCSC(C)=O. The summed E-state index contributed by atoms with van der Waals surface area (Å²) in [5.74, 6) is 0.899. The zero-order valence-electron chi connectivity index (χ0n) is 11.0. The molecule has 4 N–H and O–H groups in total. The van der Waals surface area contributed by atoms with Gasteiger partial charge in [-0.15, -0.1) is 0 Å². The average Bonchev–Trinajstić information content (AvgIpc) is 2.37. The molecule has 2 unspecified atom stereocenters. The number of methoxy groups -OCH3 is 1. The quantitative estimate of drug-likeness (QED) is 0.683. The van der Waals surface area contributed by atoms with Crippen LogP contribution in [-0.4, -0.2) is 34.3 Å². The van der Waals surface area contributed by atoms with Crippen molar-refractivity contribution < 1.29 is 19.7 Å². The highest BCUT2D eigenvalue weighted by Crippen LogP contribution is 2.30. The number of aliphatic hydroxyl groups is 2. The Morgan fingerprint density at radius 3 is 2.74 bits per heavy atom. The largest absolute Gasteiger partial charge is 0.496 e. The number of ether oxygens (including phenoxy) is 1. The average molecular weight is 285 g/mol. The minimum absolute atomic E-state index is 0.00763. The Bertz CT molecular complexity index is 439. The number of rotatable bonds is 6. The van der Waals surface area contributed by atoms with Crippen LogP contribution in [-0.2, 0) is 4.79 Å². The summed E-state index contributed by atoms with van der Waals surface area (Å²) in [5.41, 5.74) is 6.63. The van der Waals surface area contributed by atoms with Gasteiger partial charge in [-0.3, -0.25) is 4.79 Å². The van der Waals surface area contributed by atoms with Gasteiger partial charge < -0.3 is 20.7 Å². The van der Waals surface area contributed by atoms with Crippen molar-refractivity contribution in [2.75, 3.05) is 18.6 Å². The topological polar surface area (TPSA) is 92.8 Å². The molecule has 0 saturated heterocycles. The minimum atomic E-state index is -1.07. The van der Waals surface area contributed by atoms with Gasteiger partial charge in [-0.05, 0) is 12.5 Å². The number of hydrogen-bond donors (Lipinski definition) is 3. The molecule has 0 aliphatic heterocycles. The molecule has 1 rings (SSSR count). The summed E-state index contributed by atoms with van der Waals surface area (Å²) in [6, 6.07) is 4.86. The molecule has 0 radical (unpaired) electrons. The summed E-state index contributed by atoms with van der Waals surface area (Å²) in [4.78, 5) is 10.8. The second-order valence-corrected chi connectivity index (χ2v) is 5.41. The number of thioether (sulfide) groups is 1. The third-order valence-electron chi connectivity index (χ3n) is 2.66. The molecule has 0 aliphatic rings. The predicted molar refractivity (Wildman–Crippen MR) is 76.1 cm³/mol. The van der Waals surface area contributed by atoms with Gasteiger partial charge in [0.2, 0.25) is 0 Å². The standard InChI is InChI=1S/C13H19NO4S/c1-8(15)19-6-5-11(16)13(17)10-4-3-9(14)7-12(10)18-2/h3-4,7,11,13,16-17H,5-6,14H2,1-2H3. The minimum Gasteiger partial charge on any atom is -0.496 e. The number of aliphatic hydroxyl groups excluding tert-OH is 2. The fourth-order valence-electron chi connectivity index (χ4n) is 1.66. The second-order valence-electron chi connectivity index (χ2n) is 4.14. The van der Waals surface area contributed by atoms with Crippen LogP contribution in [0.2, 0.25) is 0 Å². The Labute approximate surface area is 116 Å². The summed E-state index contributed by atoms with van der Waals surface area (Å²) < 4.78 is 5.13. The molecule has 1 aromatic rings. The van der Waals surface area contributed by atoms with E-state index in [1.165, 1.54) is 14.0 Å². The van der Waals surface area contributed by atoms with Crippen molar-refractivity contribution in [2.45, 2.75) is 25.6 Å². The van der Waals surface area contributed by atoms with E-state index in [0.717, 1.165) is 11.8 Å². The third kappa shape index (κ3) is 4.74. The zero-order valence-corrected chi connectivity index (χ0v) is 11.8. The van der Waals surface area contributed by atoms with E-state index >= 15 is 0 Å². The number of hydrogen-bond acceptors (Lipinski definition) is 6. The van der Waals surface area contributed by atoms with E-state index in [1.54, 1.807) is 18.2 Å². The molecule has 0 heterocycles. The van der Waals surface area contributed by atoms with Crippen LogP contribution in [0.5, 0.6) is 5.75 Å². The summed E-state index contributed by atoms with van der Waals surface area (Å²) in [5, 5.41) is 20.0. The lowest BCUT2D eigenvalue weighted by molar-refractivity contribution is -0.109. The summed E-state index contributed by atoms with van der Waals surface area (Å²) in [6.07, 6.45) is -1.70. The van der Waals surface area contributed by atoms with E-state index in [4.69, 9.17) is 10.5 Å². The summed E-state index contributed by atoms with van der Waals surface area (Å²) >= 11 is 1.12. The summed E-state index contributed by atoms with van der Waals surface area (Å²) in [6.45, 7) is 1.47. The third-order valence-corrected chi connectivity index (χ3v) is 3.51. The van der Waals surface area contributed by atoms with Crippen molar-refractivity contribution in [1.29, 1.82) is 0 Å². The Kier molecular flexibility index (Phi) is 6.14. The molecule has 0 aromatic heterocycles. The van der Waals surface area contributed by atoms with Gasteiger partial charge in [0.05, 0.1) is 13.2 Å². The molecular formula is C13H19NO4S. The Morgan fingerprint density at radius 1 is 1.47 bits per heavy atom. The van der Waals surface area contributed by atoms with Crippen LogP contribution in [0.4, 0.5) is 5.69 Å². The maximum absolute atomic E-state index is 10.8. The van der Waals surface area contributed by atoms with Crippen LogP contribution in [0.1, 0.15) is 25.0 Å². The maximum Gasteiger partial charge on any atom is 0.185 e. The van der Waals surface area contributed by atoms with Gasteiger partial charge in [0.1, 0.15) is 11.9 Å². The molecule has 106 valence electrons. The molecule has 0 bridgehead atoms. The van der Waals surface area contributed by atoms with Gasteiger partial charge in [-0.25, -0.2) is 0 Å². The number of benzene rings is 1. The molecule has 0 saturated carbocycles. The number of carbonyl (C=O) groups excluding carboxylic acids is 1. The highest BCUT2D eigenvalue weighted by Gasteiger charge is 2.21. The molecule has 6 heteroatoms. The first-order chi connectivity index (χ1) is 8.95. The van der Waals surface area contributed by atoms with Crippen molar-refractivity contribution in [3.8, 4) is 5.75 Å². The van der Waals surface area contributed by atoms with Crippen LogP contribution < -0.4 is 10.5 Å². The van der Waals surface area contributed by atoms with Gasteiger partial charge in [-0.1, -0.05) is 17.8 Å². The number of carbonyl (C=O) groups is 1. The van der Waals surface area contributed by atoms with Crippen molar-refractivity contribution in [2.24, 2.45) is 0 Å². The first-order valence-electron chi connectivity index (χ1n) is 5.88. The molecular weight excluding hydrogens is 266 g/mol. The van der Waals surface area contributed by atoms with Crippen LogP contribution in [0.15, 0.2) is 18.2 Å². The molecule has 0 fully saturated rings. The second kappa shape index (κ2) is 7.37. The molecule has 0 spiro atoms. The van der Waals surface area contributed by atoms with E-state index in [-0.39, 0.29) is 5.12 Å². The molecule has 5 nitrogen and oxygen atoms in total. The van der Waals surface area contributed by atoms with Crippen molar-refractivity contribution in [1.82, 2.24) is 0 Å². The van der Waals surface area contributed by atoms with Gasteiger partial charge in [-0.2, -0.15) is 0 Å². The monoisotopic (exact) mass is 285 g/mol. The highest BCUT2D eigenvalue weighted by atomic mass is 32.2. The van der Waals surface area contributed by atoms with Crippen molar-refractivity contribution in [3.05, 3.63) is 23.8 Å². The van der Waals surface area contributed by atoms with Crippen LogP contribution >= 0.6 is 11.8 Å². The number of nitrogen functional groups attached to an aromatic ring is 1. The van der Waals surface area contributed by atoms with Gasteiger partial charge >= 0.3 is 0 Å². The maximum atomic E-state index is 10.8. The van der Waals surface area contributed by atoms with E-state index in [1.807, 2.05) is 0 Å². The van der Waals surface area contributed by atoms with Gasteiger partial charge in [0.25, 0.3) is 0 Å². The van der Waals surface area contributed by atoms with E-state index in [0.29, 0.717) is 29.2 Å². The Hall–Kier alpha value is -1.24. The van der Waals surface area contributed by atoms with E-state index < -0.39 is 12.2 Å². The lowest BCUT2D eigenvalue weighted by Gasteiger charge is -2.20. The smallest absolute Gasteiger partial charge is 0.185 e. The molecule has 0 aliphatic carbocycles. The normalized spacial score (nSPS) is 13.9. The molecule has 19 heavy (non-hydrogen) atoms. The zero-order chi connectivity index (χ0) is 14.4. The lowest BCUT2D eigenvalue weighted by Crippen LogP contribution is -2.20. The first kappa shape index (κ1) is 15.8. The first-order valence-corrected chi connectivity index (χ1v) is 6.87. The number of nitrogens with two attached hydrogens (primary N) is 1. The lowest BCUT2D eigenvalue weighted by atomic mass is 10.0. The van der Waals surface area contributed by atoms with E-state index in [9.17, 15) is 15.0 Å². The van der Waals surface area contributed by atoms with Gasteiger partial charge in [0, 0.05) is 30.0 Å². The molecule has 0 amide bonds. The Morgan fingerprint density at radius 2 is 2.16 bits per heavy atom. The van der Waals surface area contributed by atoms with E-state index in [2.05, 4.69) is 0 Å². The fourth-order valence-corrected chi connectivity index (χ4v) is 2.31. The van der Waals surface area contributed by atoms with Crippen LogP contribution in [0.3, 0.4) is 0 Å². The number of anilines is 1. The van der Waals surface area contributed by atoms with Crippen molar-refractivity contribution >= 4 is 22.6 Å². The van der Waals surface area contributed by atoms with Crippen LogP contribution in [0, 0.1) is 0 Å². The predicted octanol–water partition coefficient (Wildman–Crippen LogP) is 1.34. The summed E-state index contributed by atoms with van der Waals surface area (Å²) in [7, 11) is 1.48. The molecule has 2 atom stereocenters. The highest BCUT2D eigenvalue weighted by molar-refractivity contribution is 8.13. The molecule has 1 aromatic carbocycles. The van der Waals surface area contributed by atoms with Crippen LogP contribution in [0.25, 0.3) is 0 Å². The Balaban J connectivity index is 2.70. The van der Waals surface area contributed by atoms with Crippen molar-refractivity contribution in [3.63, 3.8) is 0 Å².